The fourth-order valence-electron chi connectivity index (χ4n) is 4.25. The van der Waals surface area contributed by atoms with Crippen molar-refractivity contribution in [2.75, 3.05) is 46.2 Å². The van der Waals surface area contributed by atoms with Crippen molar-refractivity contribution in [2.24, 2.45) is 4.99 Å². The number of ether oxygens (including phenoxy) is 1. The summed E-state index contributed by atoms with van der Waals surface area (Å²) in [6.07, 6.45) is 6.74. The van der Waals surface area contributed by atoms with Gasteiger partial charge in [0.05, 0.1) is 0 Å². The second kappa shape index (κ2) is 12.3. The first-order valence-corrected chi connectivity index (χ1v) is 11.6. The summed E-state index contributed by atoms with van der Waals surface area (Å²) in [7, 11) is 1.80. The predicted molar refractivity (Wildman–Crippen MR) is 131 cm³/mol. The number of nitrogens with one attached hydrogen (secondary N) is 2. The molecule has 0 amide bonds. The van der Waals surface area contributed by atoms with Crippen LogP contribution in [0.4, 0.5) is 4.39 Å². The maximum Gasteiger partial charge on any atom is 0.191 e. The molecule has 8 heteroatoms. The molecule has 2 saturated heterocycles. The lowest BCUT2D eigenvalue weighted by atomic mass is 9.88. The zero-order chi connectivity index (χ0) is 19.8. The molecule has 0 radical (unpaired) electrons. The summed E-state index contributed by atoms with van der Waals surface area (Å²) in [5, 5.41) is 6.96. The molecule has 1 aromatic rings. The van der Waals surface area contributed by atoms with Gasteiger partial charge in [0, 0.05) is 44.6 Å². The van der Waals surface area contributed by atoms with Crippen LogP contribution in [-0.4, -0.2) is 62.5 Å². The van der Waals surface area contributed by atoms with Crippen molar-refractivity contribution < 1.29 is 9.13 Å². The van der Waals surface area contributed by atoms with Crippen LogP contribution in [0.15, 0.2) is 23.2 Å². The van der Waals surface area contributed by atoms with E-state index in [0.717, 1.165) is 55.4 Å². The van der Waals surface area contributed by atoms with Gasteiger partial charge in [-0.3, -0.25) is 9.89 Å². The first-order chi connectivity index (χ1) is 13.7. The Balaban J connectivity index is 0.00000300. The molecule has 5 nitrogen and oxygen atoms in total. The lowest BCUT2D eigenvalue weighted by molar-refractivity contribution is -0.0164. The number of hydrogen-bond acceptors (Lipinski definition) is 4. The summed E-state index contributed by atoms with van der Waals surface area (Å²) >= 11 is 1.70. The number of aliphatic imine (C=N–C) groups is 1. The molecule has 2 aliphatic heterocycles. The first-order valence-electron chi connectivity index (χ1n) is 10.2. The third-order valence-electron chi connectivity index (χ3n) is 5.92. The molecule has 164 valence electrons. The Morgan fingerprint density at radius 1 is 1.21 bits per heavy atom. The Morgan fingerprint density at radius 3 is 2.59 bits per heavy atom. The zero-order valence-corrected chi connectivity index (χ0v) is 20.7. The van der Waals surface area contributed by atoms with E-state index in [9.17, 15) is 4.39 Å². The Hall–Kier alpha value is -0.580. The van der Waals surface area contributed by atoms with Gasteiger partial charge in [0.15, 0.2) is 5.96 Å². The van der Waals surface area contributed by atoms with Gasteiger partial charge in [-0.2, -0.15) is 11.8 Å². The molecule has 2 N–H and O–H groups in total. The van der Waals surface area contributed by atoms with Crippen LogP contribution in [0.3, 0.4) is 0 Å². The van der Waals surface area contributed by atoms with Crippen LogP contribution in [0.2, 0.25) is 0 Å². The molecule has 0 aromatic heterocycles. The van der Waals surface area contributed by atoms with E-state index < -0.39 is 0 Å². The summed E-state index contributed by atoms with van der Waals surface area (Å²) in [6, 6.07) is 5.03. The minimum atomic E-state index is -0.178. The van der Waals surface area contributed by atoms with Crippen LogP contribution in [0.1, 0.15) is 36.8 Å². The van der Waals surface area contributed by atoms with E-state index in [0.29, 0.717) is 6.54 Å². The maximum atomic E-state index is 13.6. The summed E-state index contributed by atoms with van der Waals surface area (Å²) < 4.78 is 19.2. The molecule has 29 heavy (non-hydrogen) atoms. The average Bonchev–Trinajstić information content (AvgIpc) is 3.26. The van der Waals surface area contributed by atoms with E-state index in [1.165, 1.54) is 32.0 Å². The third-order valence-corrected chi connectivity index (χ3v) is 6.52. The largest absolute Gasteiger partial charge is 0.381 e. The average molecular weight is 536 g/mol. The number of halogens is 2. The molecule has 0 unspecified atom stereocenters. The van der Waals surface area contributed by atoms with Gasteiger partial charge in [-0.05, 0) is 68.3 Å². The minimum absolute atomic E-state index is 0. The van der Waals surface area contributed by atoms with Gasteiger partial charge in [0.2, 0.25) is 0 Å². The van der Waals surface area contributed by atoms with Crippen LogP contribution >= 0.6 is 35.7 Å². The van der Waals surface area contributed by atoms with Gasteiger partial charge in [0.1, 0.15) is 5.82 Å². The molecule has 0 bridgehead atoms. The highest BCUT2D eigenvalue weighted by atomic mass is 127. The van der Waals surface area contributed by atoms with Crippen LogP contribution in [0.5, 0.6) is 0 Å². The molecule has 0 atom stereocenters. The van der Waals surface area contributed by atoms with Crippen molar-refractivity contribution in [3.8, 4) is 0 Å². The smallest absolute Gasteiger partial charge is 0.191 e. The van der Waals surface area contributed by atoms with Gasteiger partial charge >= 0.3 is 0 Å². The molecule has 0 saturated carbocycles. The summed E-state index contributed by atoms with van der Waals surface area (Å²) in [4.78, 5) is 7.05. The van der Waals surface area contributed by atoms with E-state index >= 15 is 0 Å². The van der Waals surface area contributed by atoms with Crippen molar-refractivity contribution in [1.82, 2.24) is 15.5 Å². The Labute approximate surface area is 195 Å². The zero-order valence-electron chi connectivity index (χ0n) is 17.5. The first kappa shape index (κ1) is 24.7. The molecule has 2 fully saturated rings. The molecule has 2 aliphatic rings. The summed E-state index contributed by atoms with van der Waals surface area (Å²) in [5.41, 5.74) is 2.30. The normalized spacial score (nSPS) is 19.6. The summed E-state index contributed by atoms with van der Waals surface area (Å²) in [5.74, 6) is 1.42. The molecule has 2 heterocycles. The molecular weight excluding hydrogens is 502 g/mol. The van der Waals surface area contributed by atoms with Crippen LogP contribution in [0, 0.1) is 5.82 Å². The fraction of sp³-hybridized carbons (Fsp3) is 0.667. The number of hydrogen-bond donors (Lipinski definition) is 2. The van der Waals surface area contributed by atoms with Crippen LogP contribution < -0.4 is 10.6 Å². The SMILES string of the molecule is CN=C(NCc1ccc(F)cc1CSC)NCC1(N2CCCC2)CCOCC1.I. The Morgan fingerprint density at radius 2 is 1.93 bits per heavy atom. The number of likely N-dealkylation sites (tertiary alicyclic amines) is 1. The van der Waals surface area contributed by atoms with Crippen molar-refractivity contribution >= 4 is 41.7 Å². The highest BCUT2D eigenvalue weighted by molar-refractivity contribution is 14.0. The molecular formula is C21H34FIN4OS. The predicted octanol–water partition coefficient (Wildman–Crippen LogP) is 3.62. The number of thioether (sulfide) groups is 1. The third kappa shape index (κ3) is 6.70. The number of nitrogens with zero attached hydrogens (tertiary/aromatic N) is 2. The summed E-state index contributed by atoms with van der Waals surface area (Å²) in [6.45, 7) is 5.53. The Bertz CT molecular complexity index is 664. The van der Waals surface area contributed by atoms with Gasteiger partial charge in [-0.1, -0.05) is 6.07 Å². The van der Waals surface area contributed by atoms with Crippen molar-refractivity contribution in [3.05, 3.63) is 35.1 Å². The van der Waals surface area contributed by atoms with Gasteiger partial charge in [-0.15, -0.1) is 24.0 Å². The van der Waals surface area contributed by atoms with E-state index in [-0.39, 0.29) is 35.3 Å². The molecule has 1 aromatic carbocycles. The number of benzene rings is 1. The van der Waals surface area contributed by atoms with Crippen molar-refractivity contribution in [1.29, 1.82) is 0 Å². The Kier molecular flexibility index (Phi) is 10.5. The van der Waals surface area contributed by atoms with Crippen LogP contribution in [-0.2, 0) is 17.0 Å². The quantitative estimate of drug-likeness (QED) is 0.317. The van der Waals surface area contributed by atoms with Gasteiger partial charge in [0.25, 0.3) is 0 Å². The van der Waals surface area contributed by atoms with E-state index in [1.54, 1.807) is 24.9 Å². The monoisotopic (exact) mass is 536 g/mol. The van der Waals surface area contributed by atoms with Gasteiger partial charge in [-0.25, -0.2) is 4.39 Å². The molecule has 0 spiro atoms. The van der Waals surface area contributed by atoms with Crippen LogP contribution in [0.25, 0.3) is 0 Å². The second-order valence-electron chi connectivity index (χ2n) is 7.66. The number of guanidine groups is 1. The van der Waals surface area contributed by atoms with Crippen molar-refractivity contribution in [3.63, 3.8) is 0 Å². The molecule has 0 aliphatic carbocycles. The highest BCUT2D eigenvalue weighted by Crippen LogP contribution is 2.30. The standard InChI is InChI=1S/C21H33FN4OS.HI/c1-23-20(24-14-17-5-6-19(22)13-18(17)15-28-2)25-16-21(7-11-27-12-8-21)26-9-3-4-10-26;/h5-6,13H,3-4,7-12,14-16H2,1-2H3,(H2,23,24,25);1H. The van der Waals surface area contributed by atoms with E-state index in [4.69, 9.17) is 4.74 Å². The van der Waals surface area contributed by atoms with Gasteiger partial charge < -0.3 is 15.4 Å². The number of rotatable bonds is 7. The maximum absolute atomic E-state index is 13.6. The lowest BCUT2D eigenvalue weighted by Gasteiger charge is -2.45. The molecule has 3 rings (SSSR count). The fourth-order valence-corrected chi connectivity index (χ4v) is 4.83. The van der Waals surface area contributed by atoms with E-state index in [2.05, 4.69) is 20.5 Å². The second-order valence-corrected chi connectivity index (χ2v) is 8.52. The van der Waals surface area contributed by atoms with Crippen molar-refractivity contribution in [2.45, 2.75) is 43.5 Å². The minimum Gasteiger partial charge on any atom is -0.381 e. The lowest BCUT2D eigenvalue weighted by Crippen LogP contribution is -2.58. The van der Waals surface area contributed by atoms with E-state index in [1.807, 2.05) is 12.3 Å². The highest BCUT2D eigenvalue weighted by Gasteiger charge is 2.39. The topological polar surface area (TPSA) is 48.9 Å².